The summed E-state index contributed by atoms with van der Waals surface area (Å²) < 4.78 is 0. The molecular weight excluding hydrogens is 136 g/mol. The molecule has 1 aromatic rings. The van der Waals surface area contributed by atoms with E-state index < -0.39 is 11.8 Å². The van der Waals surface area contributed by atoms with Gasteiger partial charge in [0.05, 0.1) is 0 Å². The molecule has 0 fully saturated rings. The van der Waals surface area contributed by atoms with Gasteiger partial charge in [0.2, 0.25) is 5.88 Å². The van der Waals surface area contributed by atoms with Crippen molar-refractivity contribution in [3.63, 3.8) is 0 Å². The maximum absolute atomic E-state index is 10.2. The van der Waals surface area contributed by atoms with E-state index in [1.165, 1.54) is 0 Å². The lowest BCUT2D eigenvalue weighted by atomic mass is 10.3. The van der Waals surface area contributed by atoms with Gasteiger partial charge in [-0.3, -0.25) is 0 Å². The number of aromatic carboxylic acids is 1. The standard InChI is InChI=1S/C5H3N2O3/c8-4-3(5(9)10)1-2-6-7-4/h1H,(H,7,8)(H,9,10). The molecule has 0 bridgehead atoms. The van der Waals surface area contributed by atoms with E-state index in [1.807, 2.05) is 0 Å². The summed E-state index contributed by atoms with van der Waals surface area (Å²) in [5, 5.41) is 23.2. The first kappa shape index (κ1) is 6.47. The molecule has 1 aromatic heterocycles. The number of carbonyl (C=O) groups is 1. The van der Waals surface area contributed by atoms with Crippen LogP contribution in [0, 0.1) is 6.20 Å². The van der Waals surface area contributed by atoms with Crippen LogP contribution in [0.25, 0.3) is 0 Å². The van der Waals surface area contributed by atoms with E-state index in [1.54, 1.807) is 0 Å². The number of hydrogen-bond donors (Lipinski definition) is 2. The topological polar surface area (TPSA) is 83.3 Å². The summed E-state index contributed by atoms with van der Waals surface area (Å²) in [6.07, 6.45) is 2.18. The third kappa shape index (κ3) is 1.02. The summed E-state index contributed by atoms with van der Waals surface area (Å²) in [7, 11) is 0. The second kappa shape index (κ2) is 2.30. The summed E-state index contributed by atoms with van der Waals surface area (Å²) in [4.78, 5) is 10.2. The van der Waals surface area contributed by atoms with Gasteiger partial charge in [0.25, 0.3) is 0 Å². The number of rotatable bonds is 1. The highest BCUT2D eigenvalue weighted by Gasteiger charge is 2.08. The molecule has 0 aromatic carbocycles. The van der Waals surface area contributed by atoms with Gasteiger partial charge < -0.3 is 10.2 Å². The van der Waals surface area contributed by atoms with Crippen molar-refractivity contribution in [1.29, 1.82) is 0 Å². The van der Waals surface area contributed by atoms with Crippen LogP contribution in [-0.4, -0.2) is 26.4 Å². The van der Waals surface area contributed by atoms with Gasteiger partial charge in [0, 0.05) is 0 Å². The minimum Gasteiger partial charge on any atom is -0.492 e. The van der Waals surface area contributed by atoms with Gasteiger partial charge in [0.15, 0.2) is 0 Å². The van der Waals surface area contributed by atoms with Crippen LogP contribution < -0.4 is 0 Å². The Morgan fingerprint density at radius 2 is 2.40 bits per heavy atom. The van der Waals surface area contributed by atoms with Crippen LogP contribution in [0.2, 0.25) is 0 Å². The zero-order chi connectivity index (χ0) is 7.56. The highest BCUT2D eigenvalue weighted by atomic mass is 16.4. The molecule has 5 nitrogen and oxygen atoms in total. The third-order valence-electron chi connectivity index (χ3n) is 0.883. The van der Waals surface area contributed by atoms with Crippen molar-refractivity contribution >= 4 is 5.97 Å². The Bertz CT molecular complexity index is 261. The van der Waals surface area contributed by atoms with E-state index in [4.69, 9.17) is 10.2 Å². The Balaban J connectivity index is 3.15. The van der Waals surface area contributed by atoms with E-state index >= 15 is 0 Å². The molecule has 0 saturated heterocycles. The Labute approximate surface area is 56.0 Å². The highest BCUT2D eigenvalue weighted by Crippen LogP contribution is 2.08. The van der Waals surface area contributed by atoms with Crippen molar-refractivity contribution < 1.29 is 15.0 Å². The van der Waals surface area contributed by atoms with E-state index in [0.29, 0.717) is 0 Å². The monoisotopic (exact) mass is 139 g/mol. The third-order valence-corrected chi connectivity index (χ3v) is 0.883. The Kier molecular flexibility index (Phi) is 1.49. The fourth-order valence-corrected chi connectivity index (χ4v) is 0.445. The van der Waals surface area contributed by atoms with Crippen molar-refractivity contribution in [3.8, 4) is 5.88 Å². The SMILES string of the molecule is O=C(O)c1c[c]nnc1O. The molecule has 5 heteroatoms. The van der Waals surface area contributed by atoms with E-state index in [0.717, 1.165) is 6.07 Å². The number of hydrogen-bond acceptors (Lipinski definition) is 4. The second-order valence-corrected chi connectivity index (χ2v) is 1.52. The van der Waals surface area contributed by atoms with Crippen molar-refractivity contribution in [3.05, 3.63) is 17.8 Å². The van der Waals surface area contributed by atoms with Crippen molar-refractivity contribution in [2.45, 2.75) is 0 Å². The average molecular weight is 139 g/mol. The van der Waals surface area contributed by atoms with Crippen molar-refractivity contribution in [1.82, 2.24) is 10.2 Å². The van der Waals surface area contributed by atoms with Gasteiger partial charge in [-0.1, -0.05) is 0 Å². The van der Waals surface area contributed by atoms with Crippen molar-refractivity contribution in [2.75, 3.05) is 0 Å². The minimum atomic E-state index is -1.25. The lowest BCUT2D eigenvalue weighted by Gasteiger charge is -1.92. The summed E-state index contributed by atoms with van der Waals surface area (Å²) in [5.74, 6) is -1.84. The van der Waals surface area contributed by atoms with Crippen LogP contribution in [0.5, 0.6) is 5.88 Å². The molecule has 1 radical (unpaired) electrons. The predicted octanol–water partition coefficient (Wildman–Crippen LogP) is -0.319. The molecule has 10 heavy (non-hydrogen) atoms. The number of aromatic hydroxyl groups is 1. The Morgan fingerprint density at radius 3 is 2.80 bits per heavy atom. The lowest BCUT2D eigenvalue weighted by molar-refractivity contribution is 0.0692. The number of aromatic nitrogens is 2. The van der Waals surface area contributed by atoms with Gasteiger partial charge in [0.1, 0.15) is 11.8 Å². The second-order valence-electron chi connectivity index (χ2n) is 1.52. The first-order chi connectivity index (χ1) is 4.72. The van der Waals surface area contributed by atoms with Gasteiger partial charge in [-0.15, -0.1) is 10.2 Å². The largest absolute Gasteiger partial charge is 0.492 e. The average Bonchev–Trinajstić information content (AvgIpc) is 1.88. The molecular formula is C5H3N2O3. The molecule has 0 atom stereocenters. The molecule has 0 aliphatic rings. The van der Waals surface area contributed by atoms with Crippen LogP contribution >= 0.6 is 0 Å². The van der Waals surface area contributed by atoms with Crippen LogP contribution in [0.1, 0.15) is 10.4 Å². The fourth-order valence-electron chi connectivity index (χ4n) is 0.445. The van der Waals surface area contributed by atoms with Crippen LogP contribution in [-0.2, 0) is 0 Å². The Hall–Kier alpha value is -1.65. The van der Waals surface area contributed by atoms with Crippen LogP contribution in [0.3, 0.4) is 0 Å². The first-order valence-corrected chi connectivity index (χ1v) is 2.38. The van der Waals surface area contributed by atoms with E-state index in [2.05, 4.69) is 16.4 Å². The maximum Gasteiger partial charge on any atom is 0.341 e. The fraction of sp³-hybridized carbons (Fsp3) is 0. The van der Waals surface area contributed by atoms with Gasteiger partial charge >= 0.3 is 5.97 Å². The summed E-state index contributed by atoms with van der Waals surface area (Å²) in [6, 6.07) is 1.05. The van der Waals surface area contributed by atoms with Gasteiger partial charge in [-0.05, 0) is 6.07 Å². The van der Waals surface area contributed by atoms with Crippen LogP contribution in [0.4, 0.5) is 0 Å². The minimum absolute atomic E-state index is 0.296. The molecule has 0 spiro atoms. The molecule has 2 N–H and O–H groups in total. The number of carboxylic acids is 1. The number of carboxylic acid groups (broad SMARTS) is 1. The molecule has 0 aliphatic carbocycles. The lowest BCUT2D eigenvalue weighted by Crippen LogP contribution is -1.98. The zero-order valence-corrected chi connectivity index (χ0v) is 4.77. The molecule has 0 amide bonds. The maximum atomic E-state index is 10.2. The molecule has 1 heterocycles. The van der Waals surface area contributed by atoms with Crippen LogP contribution in [0.15, 0.2) is 6.07 Å². The van der Waals surface area contributed by atoms with E-state index in [9.17, 15) is 4.79 Å². The van der Waals surface area contributed by atoms with Gasteiger partial charge in [-0.2, -0.15) is 0 Å². The number of nitrogens with zero attached hydrogens (tertiary/aromatic N) is 2. The smallest absolute Gasteiger partial charge is 0.341 e. The summed E-state index contributed by atoms with van der Waals surface area (Å²) in [5.41, 5.74) is -0.296. The first-order valence-electron chi connectivity index (χ1n) is 2.38. The predicted molar refractivity (Wildman–Crippen MR) is 29.5 cm³/mol. The molecule has 51 valence electrons. The summed E-state index contributed by atoms with van der Waals surface area (Å²) in [6.45, 7) is 0. The Morgan fingerprint density at radius 1 is 1.70 bits per heavy atom. The van der Waals surface area contributed by atoms with Gasteiger partial charge in [-0.25, -0.2) is 4.79 Å². The highest BCUT2D eigenvalue weighted by molar-refractivity contribution is 5.89. The quantitative estimate of drug-likeness (QED) is 0.557. The molecule has 1 rings (SSSR count). The molecule has 0 unspecified atom stereocenters. The normalized spacial score (nSPS) is 9.20. The van der Waals surface area contributed by atoms with E-state index in [-0.39, 0.29) is 5.56 Å². The van der Waals surface area contributed by atoms with Crippen molar-refractivity contribution in [2.24, 2.45) is 0 Å². The zero-order valence-electron chi connectivity index (χ0n) is 4.77. The molecule has 0 saturated carbocycles. The summed E-state index contributed by atoms with van der Waals surface area (Å²) >= 11 is 0. The molecule has 0 aliphatic heterocycles.